The summed E-state index contributed by atoms with van der Waals surface area (Å²) in [4.78, 5) is 42.4. The van der Waals surface area contributed by atoms with Gasteiger partial charge in [-0.15, -0.1) is 11.3 Å². The van der Waals surface area contributed by atoms with Crippen molar-refractivity contribution < 1.29 is 41.4 Å². The molecule has 1 unspecified atom stereocenters. The van der Waals surface area contributed by atoms with Crippen molar-refractivity contribution in [3.05, 3.63) is 16.1 Å². The van der Waals surface area contributed by atoms with Crippen molar-refractivity contribution in [2.45, 2.75) is 89.1 Å². The summed E-state index contributed by atoms with van der Waals surface area (Å²) in [6.07, 6.45) is -4.38. The number of carbonyl (C=O) groups excluding carboxylic acids is 2. The molecule has 4 atom stereocenters. The second-order valence-electron chi connectivity index (χ2n) is 10.6. The molecular formula is C22H29F5N4O4S. The predicted molar refractivity (Wildman–Crippen MR) is 120 cm³/mol. The van der Waals surface area contributed by atoms with Gasteiger partial charge in [0.2, 0.25) is 5.91 Å². The van der Waals surface area contributed by atoms with E-state index in [0.717, 1.165) is 0 Å². The molecule has 1 saturated carbocycles. The molecule has 2 aliphatic rings. The summed E-state index contributed by atoms with van der Waals surface area (Å²) in [6, 6.07) is -1.76. The highest BCUT2D eigenvalue weighted by Gasteiger charge is 2.60. The second-order valence-corrected chi connectivity index (χ2v) is 11.4. The quantitative estimate of drug-likeness (QED) is 0.476. The standard InChI is InChI=1S/C22H29F5N4O4S/c1-19(2,3)30-11-5-6-14(20(4,9-11)18(34)35)31-8-7-12(17(31)33)28-15(32)16-29-13(10-36-16)21(23,24)22(25,26)27/h10-12,14,30H,5-9H2,1-4H3,(H,28,32)(H,34,35)/t11-,12?,14+,20-/m1/s1. The van der Waals surface area contributed by atoms with Gasteiger partial charge in [0.1, 0.15) is 11.7 Å². The number of amides is 2. The van der Waals surface area contributed by atoms with E-state index in [4.69, 9.17) is 0 Å². The van der Waals surface area contributed by atoms with Crippen LogP contribution in [0, 0.1) is 5.41 Å². The zero-order valence-corrected chi connectivity index (χ0v) is 21.0. The van der Waals surface area contributed by atoms with Crippen LogP contribution in [-0.2, 0) is 15.5 Å². The Balaban J connectivity index is 1.70. The van der Waals surface area contributed by atoms with Crippen LogP contribution in [0.1, 0.15) is 68.9 Å². The van der Waals surface area contributed by atoms with Crippen molar-refractivity contribution in [2.75, 3.05) is 6.54 Å². The van der Waals surface area contributed by atoms with E-state index in [2.05, 4.69) is 15.6 Å². The number of nitrogens with zero attached hydrogens (tertiary/aromatic N) is 2. The molecule has 1 saturated heterocycles. The first-order valence-electron chi connectivity index (χ1n) is 11.4. The lowest BCUT2D eigenvalue weighted by atomic mass is 9.68. The minimum Gasteiger partial charge on any atom is -0.481 e. The highest BCUT2D eigenvalue weighted by molar-refractivity contribution is 7.11. The SMILES string of the molecule is CC(C)(C)N[C@@H]1CC[C@H](N2CCC(NC(=O)c3nc(C(F)(F)C(F)(F)F)cs3)C2=O)[C@](C)(C(=O)O)C1. The van der Waals surface area contributed by atoms with Gasteiger partial charge in [0.25, 0.3) is 5.91 Å². The smallest absolute Gasteiger partial charge is 0.459 e. The average Bonchev–Trinajstić information content (AvgIpc) is 3.35. The molecule has 1 aliphatic heterocycles. The lowest BCUT2D eigenvalue weighted by Crippen LogP contribution is -2.59. The Labute approximate surface area is 208 Å². The number of nitrogens with one attached hydrogen (secondary N) is 2. The summed E-state index contributed by atoms with van der Waals surface area (Å²) in [5, 5.41) is 15.6. The van der Waals surface area contributed by atoms with Gasteiger partial charge in [-0.3, -0.25) is 14.4 Å². The van der Waals surface area contributed by atoms with Crippen LogP contribution in [0.5, 0.6) is 0 Å². The van der Waals surface area contributed by atoms with Gasteiger partial charge in [-0.2, -0.15) is 22.0 Å². The summed E-state index contributed by atoms with van der Waals surface area (Å²) < 4.78 is 64.7. The Morgan fingerprint density at radius 2 is 1.81 bits per heavy atom. The molecule has 2 amide bonds. The molecule has 8 nitrogen and oxygen atoms in total. The van der Waals surface area contributed by atoms with Gasteiger partial charge in [0, 0.05) is 29.5 Å². The van der Waals surface area contributed by atoms with Gasteiger partial charge in [0.05, 0.1) is 5.41 Å². The third-order valence-electron chi connectivity index (χ3n) is 6.62. The van der Waals surface area contributed by atoms with Crippen molar-refractivity contribution in [2.24, 2.45) is 5.41 Å². The zero-order chi connectivity index (χ0) is 27.3. The first kappa shape index (κ1) is 28.2. The van der Waals surface area contributed by atoms with Gasteiger partial charge in [0.15, 0.2) is 5.01 Å². The first-order valence-corrected chi connectivity index (χ1v) is 12.3. The Bertz CT molecular complexity index is 1020. The van der Waals surface area contributed by atoms with Crippen molar-refractivity contribution in [3.8, 4) is 0 Å². The number of aliphatic carboxylic acids is 1. The largest absolute Gasteiger partial charge is 0.481 e. The molecule has 2 fully saturated rings. The van der Waals surface area contributed by atoms with Gasteiger partial charge < -0.3 is 20.6 Å². The molecule has 3 rings (SSSR count). The predicted octanol–water partition coefficient (Wildman–Crippen LogP) is 3.53. The van der Waals surface area contributed by atoms with Crippen molar-refractivity contribution in [3.63, 3.8) is 0 Å². The lowest BCUT2D eigenvalue weighted by Gasteiger charge is -2.47. The van der Waals surface area contributed by atoms with Crippen LogP contribution in [0.3, 0.4) is 0 Å². The molecule has 0 spiro atoms. The summed E-state index contributed by atoms with van der Waals surface area (Å²) >= 11 is 0.310. The van der Waals surface area contributed by atoms with Crippen LogP contribution < -0.4 is 10.6 Å². The number of hydrogen-bond donors (Lipinski definition) is 3. The van der Waals surface area contributed by atoms with E-state index in [1.165, 1.54) is 4.90 Å². The molecule has 1 aromatic rings. The van der Waals surface area contributed by atoms with E-state index in [1.807, 2.05) is 20.8 Å². The van der Waals surface area contributed by atoms with Crippen LogP contribution in [0.15, 0.2) is 5.38 Å². The summed E-state index contributed by atoms with van der Waals surface area (Å²) in [5.74, 6) is -7.85. The normalized spacial score (nSPS) is 27.9. The highest BCUT2D eigenvalue weighted by atomic mass is 32.1. The number of carboxylic acids is 1. The third kappa shape index (κ3) is 5.48. The maximum Gasteiger partial charge on any atom is 0.459 e. The Hall–Kier alpha value is -2.35. The van der Waals surface area contributed by atoms with Gasteiger partial charge in [-0.05, 0) is 53.4 Å². The number of hydrogen-bond acceptors (Lipinski definition) is 6. The molecule has 1 aliphatic carbocycles. The Morgan fingerprint density at radius 3 is 2.36 bits per heavy atom. The number of halogens is 5. The molecule has 14 heteroatoms. The molecule has 0 bridgehead atoms. The van der Waals surface area contributed by atoms with Gasteiger partial charge in [-0.25, -0.2) is 4.98 Å². The summed E-state index contributed by atoms with van der Waals surface area (Å²) in [6.45, 7) is 7.69. The molecule has 2 heterocycles. The molecule has 0 radical (unpaired) electrons. The van der Waals surface area contributed by atoms with Crippen molar-refractivity contribution >= 4 is 29.1 Å². The van der Waals surface area contributed by atoms with Crippen LogP contribution in [0.4, 0.5) is 22.0 Å². The van der Waals surface area contributed by atoms with E-state index < -0.39 is 58.1 Å². The number of alkyl halides is 5. The number of carbonyl (C=O) groups is 3. The van der Waals surface area contributed by atoms with Crippen LogP contribution >= 0.6 is 11.3 Å². The highest BCUT2D eigenvalue weighted by Crippen LogP contribution is 2.44. The number of rotatable bonds is 6. The maximum absolute atomic E-state index is 13.5. The minimum atomic E-state index is -5.87. The summed E-state index contributed by atoms with van der Waals surface area (Å²) in [5.41, 5.74) is -3.07. The molecule has 0 aromatic carbocycles. The van der Waals surface area contributed by atoms with Gasteiger partial charge in [-0.1, -0.05) is 0 Å². The fraction of sp³-hybridized carbons (Fsp3) is 0.727. The topological polar surface area (TPSA) is 112 Å². The summed E-state index contributed by atoms with van der Waals surface area (Å²) in [7, 11) is 0. The maximum atomic E-state index is 13.5. The number of thiazole rings is 1. The Kier molecular flexibility index (Phi) is 7.45. The Morgan fingerprint density at radius 1 is 1.17 bits per heavy atom. The van der Waals surface area contributed by atoms with Crippen LogP contribution in [-0.4, -0.2) is 69.2 Å². The van der Waals surface area contributed by atoms with Crippen LogP contribution in [0.2, 0.25) is 0 Å². The average molecular weight is 541 g/mol. The van der Waals surface area contributed by atoms with E-state index in [0.29, 0.717) is 36.0 Å². The lowest BCUT2D eigenvalue weighted by molar-refractivity contribution is -0.290. The van der Waals surface area contributed by atoms with E-state index >= 15 is 0 Å². The minimum absolute atomic E-state index is 0.0653. The monoisotopic (exact) mass is 540 g/mol. The van der Waals surface area contributed by atoms with Crippen molar-refractivity contribution in [1.82, 2.24) is 20.5 Å². The molecule has 1 aromatic heterocycles. The fourth-order valence-corrected chi connectivity index (χ4v) is 5.67. The van der Waals surface area contributed by atoms with E-state index in [1.54, 1.807) is 6.92 Å². The van der Waals surface area contributed by atoms with Gasteiger partial charge >= 0.3 is 18.1 Å². The van der Waals surface area contributed by atoms with Crippen LogP contribution in [0.25, 0.3) is 0 Å². The fourth-order valence-electron chi connectivity index (χ4n) is 4.93. The molecule has 202 valence electrons. The number of aromatic nitrogens is 1. The second kappa shape index (κ2) is 9.51. The molecular weight excluding hydrogens is 511 g/mol. The number of carboxylic acid groups (broad SMARTS) is 1. The molecule has 3 N–H and O–H groups in total. The van der Waals surface area contributed by atoms with E-state index in [9.17, 15) is 41.4 Å². The number of likely N-dealkylation sites (tertiary alicyclic amines) is 1. The third-order valence-corrected chi connectivity index (χ3v) is 7.46. The molecule has 36 heavy (non-hydrogen) atoms. The van der Waals surface area contributed by atoms with Crippen molar-refractivity contribution in [1.29, 1.82) is 0 Å². The van der Waals surface area contributed by atoms with E-state index in [-0.39, 0.29) is 24.5 Å². The first-order chi connectivity index (χ1) is 16.4. The zero-order valence-electron chi connectivity index (χ0n) is 20.2.